The summed E-state index contributed by atoms with van der Waals surface area (Å²) in [7, 11) is 0. The number of fused-ring (bicyclic) bond motifs is 1. The Morgan fingerprint density at radius 2 is 1.89 bits per heavy atom. The van der Waals surface area contributed by atoms with Gasteiger partial charge in [0.15, 0.2) is 0 Å². The predicted octanol–water partition coefficient (Wildman–Crippen LogP) is 4.96. The Balaban J connectivity index is 1.71. The highest BCUT2D eigenvalue weighted by atomic mass is 32.2. The van der Waals surface area contributed by atoms with E-state index in [1.807, 2.05) is 37.4 Å². The van der Waals surface area contributed by atoms with Crippen molar-refractivity contribution in [3.8, 4) is 0 Å². The van der Waals surface area contributed by atoms with E-state index in [1.54, 1.807) is 29.4 Å². The van der Waals surface area contributed by atoms with Crippen molar-refractivity contribution in [2.24, 2.45) is 0 Å². The van der Waals surface area contributed by atoms with E-state index in [0.717, 1.165) is 52.5 Å². The number of aryl methyl sites for hydroxylation is 1. The summed E-state index contributed by atoms with van der Waals surface area (Å²) in [6.07, 6.45) is 7.24. The molecule has 1 aromatic carbocycles. The first-order valence-corrected chi connectivity index (χ1v) is 11.2. The van der Waals surface area contributed by atoms with Gasteiger partial charge in [-0.3, -0.25) is 4.79 Å². The number of hydrogen-bond acceptors (Lipinski definition) is 6. The second-order valence-corrected chi connectivity index (χ2v) is 8.72. The van der Waals surface area contributed by atoms with Crippen LogP contribution in [0.1, 0.15) is 34.5 Å². The second kappa shape index (κ2) is 7.86. The third kappa shape index (κ3) is 3.66. The lowest BCUT2D eigenvalue weighted by Crippen LogP contribution is -2.30. The third-order valence-electron chi connectivity index (χ3n) is 4.87. The summed E-state index contributed by atoms with van der Waals surface area (Å²) in [6, 6.07) is 7.91. The van der Waals surface area contributed by atoms with Gasteiger partial charge >= 0.3 is 0 Å². The maximum atomic E-state index is 13.1. The molecule has 3 aromatic rings. The van der Waals surface area contributed by atoms with Gasteiger partial charge in [0.2, 0.25) is 0 Å². The quantitative estimate of drug-likeness (QED) is 0.629. The summed E-state index contributed by atoms with van der Waals surface area (Å²) in [6.45, 7) is 3.95. The van der Waals surface area contributed by atoms with Crippen molar-refractivity contribution in [2.75, 3.05) is 29.6 Å². The number of nitrogens with zero attached hydrogens (tertiary/aromatic N) is 3. The number of amides is 1. The molecule has 0 bridgehead atoms. The topological polar surface area (TPSA) is 58.1 Å². The molecule has 0 spiro atoms. The van der Waals surface area contributed by atoms with Crippen molar-refractivity contribution in [1.29, 1.82) is 0 Å². The van der Waals surface area contributed by atoms with Crippen molar-refractivity contribution in [1.82, 2.24) is 9.97 Å². The van der Waals surface area contributed by atoms with Crippen LogP contribution < -0.4 is 10.2 Å². The first-order chi connectivity index (χ1) is 13.2. The minimum atomic E-state index is -0.0938. The molecule has 0 atom stereocenters. The van der Waals surface area contributed by atoms with E-state index < -0.39 is 0 Å². The van der Waals surface area contributed by atoms with Gasteiger partial charge in [-0.1, -0.05) is 0 Å². The molecular weight excluding hydrogens is 376 g/mol. The van der Waals surface area contributed by atoms with Crippen molar-refractivity contribution < 1.29 is 4.79 Å². The van der Waals surface area contributed by atoms with Gasteiger partial charge in [0, 0.05) is 28.5 Å². The molecule has 5 nitrogen and oxygen atoms in total. The molecule has 140 valence electrons. The maximum Gasteiger partial charge on any atom is 0.257 e. The summed E-state index contributed by atoms with van der Waals surface area (Å²) in [5, 5.41) is 3.93. The number of piperidine rings is 1. The largest absolute Gasteiger partial charge is 0.356 e. The molecule has 3 heterocycles. The highest BCUT2D eigenvalue weighted by molar-refractivity contribution is 7.98. The highest BCUT2D eigenvalue weighted by Gasteiger charge is 2.24. The molecule has 4 rings (SSSR count). The van der Waals surface area contributed by atoms with Gasteiger partial charge < -0.3 is 10.2 Å². The Morgan fingerprint density at radius 1 is 1.15 bits per heavy atom. The highest BCUT2D eigenvalue weighted by Crippen LogP contribution is 2.36. The molecule has 1 aliphatic heterocycles. The zero-order valence-electron chi connectivity index (χ0n) is 15.5. The number of anilines is 2. The normalized spacial score (nSPS) is 14.5. The van der Waals surface area contributed by atoms with E-state index in [0.29, 0.717) is 5.56 Å². The molecule has 27 heavy (non-hydrogen) atoms. The number of carbonyl (C=O) groups excluding carboxylic acids is 1. The molecule has 1 amide bonds. The first kappa shape index (κ1) is 18.3. The predicted molar refractivity (Wildman–Crippen MR) is 114 cm³/mol. The van der Waals surface area contributed by atoms with Gasteiger partial charge in [-0.2, -0.15) is 0 Å². The molecule has 0 saturated carbocycles. The van der Waals surface area contributed by atoms with E-state index in [4.69, 9.17) is 0 Å². The van der Waals surface area contributed by atoms with Crippen LogP contribution in [0.4, 0.5) is 11.5 Å². The van der Waals surface area contributed by atoms with E-state index in [1.165, 1.54) is 11.3 Å². The fourth-order valence-electron chi connectivity index (χ4n) is 3.52. The molecule has 0 unspecified atom stereocenters. The van der Waals surface area contributed by atoms with E-state index in [9.17, 15) is 4.79 Å². The van der Waals surface area contributed by atoms with Crippen LogP contribution in [-0.4, -0.2) is 35.2 Å². The molecule has 1 aliphatic rings. The SMILES string of the molecule is CSc1ccc(NC(=O)c2c(C)sc3ncnc(N4CCCCC4)c23)cc1. The average Bonchev–Trinajstić information content (AvgIpc) is 3.05. The van der Waals surface area contributed by atoms with Crippen LogP contribution in [0.5, 0.6) is 0 Å². The molecule has 2 aromatic heterocycles. The Kier molecular flexibility index (Phi) is 5.31. The molecule has 1 N–H and O–H groups in total. The van der Waals surface area contributed by atoms with Crippen LogP contribution in [-0.2, 0) is 0 Å². The molecule has 0 aliphatic carbocycles. The third-order valence-corrected chi connectivity index (χ3v) is 6.63. The van der Waals surface area contributed by atoms with Crippen molar-refractivity contribution in [3.05, 3.63) is 41.0 Å². The minimum Gasteiger partial charge on any atom is -0.356 e. The van der Waals surface area contributed by atoms with Crippen LogP contribution in [0.15, 0.2) is 35.5 Å². The average molecular weight is 399 g/mol. The maximum absolute atomic E-state index is 13.1. The number of carbonyl (C=O) groups is 1. The van der Waals surface area contributed by atoms with Crippen LogP contribution in [0, 0.1) is 6.92 Å². The number of aromatic nitrogens is 2. The van der Waals surface area contributed by atoms with Crippen LogP contribution >= 0.6 is 23.1 Å². The monoisotopic (exact) mass is 398 g/mol. The van der Waals surface area contributed by atoms with Gasteiger partial charge in [-0.25, -0.2) is 9.97 Å². The number of thioether (sulfide) groups is 1. The van der Waals surface area contributed by atoms with Crippen molar-refractivity contribution in [3.63, 3.8) is 0 Å². The summed E-state index contributed by atoms with van der Waals surface area (Å²) >= 11 is 3.24. The molecular formula is C20H22N4OS2. The van der Waals surface area contributed by atoms with E-state index in [2.05, 4.69) is 20.2 Å². The van der Waals surface area contributed by atoms with E-state index >= 15 is 0 Å². The lowest BCUT2D eigenvalue weighted by atomic mass is 10.1. The lowest BCUT2D eigenvalue weighted by Gasteiger charge is -2.28. The number of nitrogens with one attached hydrogen (secondary N) is 1. The second-order valence-electron chi connectivity index (χ2n) is 6.64. The van der Waals surface area contributed by atoms with Gasteiger partial charge in [0.1, 0.15) is 17.0 Å². The fourth-order valence-corrected chi connectivity index (χ4v) is 4.91. The Hall–Kier alpha value is -2.12. The first-order valence-electron chi connectivity index (χ1n) is 9.12. The van der Waals surface area contributed by atoms with Gasteiger partial charge in [-0.05, 0) is 56.7 Å². The Bertz CT molecular complexity index is 962. The number of rotatable bonds is 4. The summed E-state index contributed by atoms with van der Waals surface area (Å²) < 4.78 is 0. The smallest absolute Gasteiger partial charge is 0.257 e. The molecule has 1 saturated heterocycles. The lowest BCUT2D eigenvalue weighted by molar-refractivity contribution is 0.102. The van der Waals surface area contributed by atoms with E-state index in [-0.39, 0.29) is 5.91 Å². The molecule has 0 radical (unpaired) electrons. The van der Waals surface area contributed by atoms with Crippen LogP contribution in [0.25, 0.3) is 10.2 Å². The Labute approximate surface area is 167 Å². The molecule has 7 heteroatoms. The fraction of sp³-hybridized carbons (Fsp3) is 0.350. The number of hydrogen-bond donors (Lipinski definition) is 1. The molecule has 1 fully saturated rings. The van der Waals surface area contributed by atoms with Gasteiger partial charge in [0.05, 0.1) is 10.9 Å². The van der Waals surface area contributed by atoms with Crippen molar-refractivity contribution >= 4 is 50.7 Å². The number of thiophene rings is 1. The zero-order chi connectivity index (χ0) is 18.8. The van der Waals surface area contributed by atoms with Gasteiger partial charge in [0.25, 0.3) is 5.91 Å². The standard InChI is InChI=1S/C20H22N4OS2/c1-13-16(19(25)23-14-6-8-15(26-2)9-7-14)17-18(21-12-22-20(17)27-13)24-10-4-3-5-11-24/h6-9,12H,3-5,10-11H2,1-2H3,(H,23,25). The van der Waals surface area contributed by atoms with Crippen LogP contribution in [0.3, 0.4) is 0 Å². The Morgan fingerprint density at radius 3 is 2.59 bits per heavy atom. The van der Waals surface area contributed by atoms with Gasteiger partial charge in [-0.15, -0.1) is 23.1 Å². The minimum absolute atomic E-state index is 0.0938. The summed E-state index contributed by atoms with van der Waals surface area (Å²) in [4.78, 5) is 27.4. The summed E-state index contributed by atoms with van der Waals surface area (Å²) in [5.41, 5.74) is 1.50. The zero-order valence-corrected chi connectivity index (χ0v) is 17.1. The summed E-state index contributed by atoms with van der Waals surface area (Å²) in [5.74, 6) is 0.802. The number of benzene rings is 1. The van der Waals surface area contributed by atoms with Crippen molar-refractivity contribution in [2.45, 2.75) is 31.1 Å². The van der Waals surface area contributed by atoms with Crippen LogP contribution in [0.2, 0.25) is 0 Å².